The third kappa shape index (κ3) is 3.08. The van der Waals surface area contributed by atoms with Crippen molar-refractivity contribution >= 4 is 28.6 Å². The van der Waals surface area contributed by atoms with Crippen LogP contribution in [-0.4, -0.2) is 32.3 Å². The van der Waals surface area contributed by atoms with E-state index < -0.39 is 40.7 Å². The summed E-state index contributed by atoms with van der Waals surface area (Å²) in [5, 5.41) is 14.6. The predicted molar refractivity (Wildman–Crippen MR) is 129 cm³/mol. The van der Waals surface area contributed by atoms with Crippen LogP contribution >= 0.6 is 0 Å². The van der Waals surface area contributed by atoms with E-state index >= 15 is 0 Å². The first-order valence-electron chi connectivity index (χ1n) is 12.2. The Balaban J connectivity index is 1.66. The fourth-order valence-electron chi connectivity index (χ4n) is 5.96. The van der Waals surface area contributed by atoms with Crippen LogP contribution in [-0.2, 0) is 44.3 Å². The number of aromatic nitrogens is 2. The van der Waals surface area contributed by atoms with Crippen molar-refractivity contribution in [3.05, 3.63) is 61.7 Å². The molecule has 37 heavy (non-hydrogen) atoms. The number of pyridine rings is 2. The fraction of sp³-hybridized carbons (Fsp3) is 0.370. The number of aliphatic hydroxyl groups is 1. The first-order valence-corrected chi connectivity index (χ1v) is 12.2. The van der Waals surface area contributed by atoms with Crippen LogP contribution in [0.4, 0.5) is 4.39 Å². The van der Waals surface area contributed by atoms with Gasteiger partial charge in [0.15, 0.2) is 5.60 Å². The maximum Gasteiger partial charge on any atom is 0.343 e. The molecule has 1 aliphatic carbocycles. The lowest BCUT2D eigenvalue weighted by molar-refractivity contribution is -0.172. The molecule has 0 saturated heterocycles. The number of Topliss-reactive ketones (excluding diaryl/α,β-unsaturated/α-hetero) is 1. The van der Waals surface area contributed by atoms with Crippen molar-refractivity contribution in [1.29, 1.82) is 0 Å². The minimum atomic E-state index is -1.97. The molecule has 2 aliphatic heterocycles. The second-order valence-electron chi connectivity index (χ2n) is 9.93. The SMILES string of the molecule is CC[C@@]1(O)C(=O)OCc2c1cc1n(c2=O)Cc2c-1nc1cc(F)c(C)c3c1c2[C@@H](NC(=O)C(C)=O)CC3. The summed E-state index contributed by atoms with van der Waals surface area (Å²) in [4.78, 5) is 54.9. The third-order valence-electron chi connectivity index (χ3n) is 8.00. The van der Waals surface area contributed by atoms with E-state index in [1.165, 1.54) is 17.6 Å². The highest BCUT2D eigenvalue weighted by atomic mass is 19.1. The largest absolute Gasteiger partial charge is 0.458 e. The number of amides is 1. The zero-order valence-electron chi connectivity index (χ0n) is 20.5. The molecule has 9 nitrogen and oxygen atoms in total. The van der Waals surface area contributed by atoms with Gasteiger partial charge in [0.05, 0.1) is 35.1 Å². The van der Waals surface area contributed by atoms with E-state index in [4.69, 9.17) is 9.72 Å². The maximum atomic E-state index is 14.9. The number of nitrogens with one attached hydrogen (secondary N) is 1. The van der Waals surface area contributed by atoms with Crippen LogP contribution in [0.5, 0.6) is 0 Å². The van der Waals surface area contributed by atoms with Gasteiger partial charge in [-0.25, -0.2) is 14.2 Å². The number of aryl methyl sites for hydroxylation is 1. The van der Waals surface area contributed by atoms with Gasteiger partial charge in [0.2, 0.25) is 5.78 Å². The van der Waals surface area contributed by atoms with Crippen LogP contribution < -0.4 is 10.9 Å². The number of ketones is 1. The summed E-state index contributed by atoms with van der Waals surface area (Å²) in [5.74, 6) is -2.58. The van der Waals surface area contributed by atoms with Crippen LogP contribution in [0.3, 0.4) is 0 Å². The number of rotatable bonds is 3. The van der Waals surface area contributed by atoms with Gasteiger partial charge in [-0.3, -0.25) is 14.4 Å². The van der Waals surface area contributed by atoms with Gasteiger partial charge < -0.3 is 19.7 Å². The summed E-state index contributed by atoms with van der Waals surface area (Å²) in [6.07, 6.45) is 0.945. The molecule has 0 spiro atoms. The molecule has 0 radical (unpaired) electrons. The van der Waals surface area contributed by atoms with E-state index in [0.29, 0.717) is 51.8 Å². The van der Waals surface area contributed by atoms with Crippen LogP contribution in [0.15, 0.2) is 16.9 Å². The second kappa shape index (κ2) is 7.79. The molecule has 0 bridgehead atoms. The monoisotopic (exact) mass is 505 g/mol. The number of halogens is 1. The molecule has 2 aromatic heterocycles. The van der Waals surface area contributed by atoms with Crippen molar-refractivity contribution in [3.8, 4) is 11.4 Å². The lowest BCUT2D eigenvalue weighted by Gasteiger charge is -2.31. The number of benzene rings is 1. The number of carbonyl (C=O) groups excluding carboxylic acids is 3. The van der Waals surface area contributed by atoms with Gasteiger partial charge >= 0.3 is 5.97 Å². The summed E-state index contributed by atoms with van der Waals surface area (Å²) < 4.78 is 21.5. The number of fused-ring (bicyclic) bond motifs is 5. The molecule has 0 unspecified atom stereocenters. The maximum absolute atomic E-state index is 14.9. The van der Waals surface area contributed by atoms with Gasteiger partial charge in [0.1, 0.15) is 12.4 Å². The Labute approximate surface area is 210 Å². The molecule has 0 fully saturated rings. The number of esters is 1. The molecule has 10 heteroatoms. The van der Waals surface area contributed by atoms with Crippen molar-refractivity contribution in [2.75, 3.05) is 0 Å². The highest BCUT2D eigenvalue weighted by molar-refractivity contribution is 6.35. The number of ether oxygens (including phenoxy) is 1. The minimum Gasteiger partial charge on any atom is -0.458 e. The fourth-order valence-corrected chi connectivity index (χ4v) is 5.96. The molecule has 6 rings (SSSR count). The average molecular weight is 506 g/mol. The normalized spacial score (nSPS) is 21.2. The predicted octanol–water partition coefficient (Wildman–Crippen LogP) is 2.22. The smallest absolute Gasteiger partial charge is 0.343 e. The number of carbonyl (C=O) groups is 3. The van der Waals surface area contributed by atoms with E-state index in [9.17, 15) is 28.7 Å². The van der Waals surface area contributed by atoms with Crippen LogP contribution in [0.25, 0.3) is 22.3 Å². The van der Waals surface area contributed by atoms with Gasteiger partial charge in [-0.15, -0.1) is 0 Å². The minimum absolute atomic E-state index is 0.0119. The molecule has 4 heterocycles. The summed E-state index contributed by atoms with van der Waals surface area (Å²) >= 11 is 0. The lowest BCUT2D eigenvalue weighted by Crippen LogP contribution is -2.44. The van der Waals surface area contributed by atoms with E-state index in [-0.39, 0.29) is 30.7 Å². The molecule has 1 amide bonds. The zero-order valence-corrected chi connectivity index (χ0v) is 20.5. The Hall–Kier alpha value is -3.92. The molecule has 0 saturated carbocycles. The third-order valence-corrected chi connectivity index (χ3v) is 8.00. The lowest BCUT2D eigenvalue weighted by atomic mass is 9.81. The van der Waals surface area contributed by atoms with E-state index in [0.717, 1.165) is 5.56 Å². The van der Waals surface area contributed by atoms with Crippen molar-refractivity contribution in [3.63, 3.8) is 0 Å². The van der Waals surface area contributed by atoms with Gasteiger partial charge in [-0.1, -0.05) is 6.92 Å². The van der Waals surface area contributed by atoms with E-state index in [1.54, 1.807) is 19.9 Å². The molecular formula is C27H24FN3O6. The van der Waals surface area contributed by atoms with Crippen molar-refractivity contribution in [2.45, 2.75) is 64.8 Å². The first kappa shape index (κ1) is 23.5. The first-order chi connectivity index (χ1) is 17.6. The van der Waals surface area contributed by atoms with Crippen molar-refractivity contribution in [1.82, 2.24) is 14.9 Å². The topological polar surface area (TPSA) is 128 Å². The highest BCUT2D eigenvalue weighted by Gasteiger charge is 2.46. The highest BCUT2D eigenvalue weighted by Crippen LogP contribution is 2.45. The number of cyclic esters (lactones) is 1. The van der Waals surface area contributed by atoms with E-state index in [1.807, 2.05) is 0 Å². The number of nitrogens with zero attached hydrogens (tertiary/aromatic N) is 2. The summed E-state index contributed by atoms with van der Waals surface area (Å²) in [5.41, 5.74) is 1.85. The summed E-state index contributed by atoms with van der Waals surface area (Å²) in [6.45, 7) is 4.40. The molecular weight excluding hydrogens is 481 g/mol. The quantitative estimate of drug-likeness (QED) is 0.323. The molecule has 3 aliphatic rings. The van der Waals surface area contributed by atoms with Crippen molar-refractivity contribution < 1.29 is 28.6 Å². The summed E-state index contributed by atoms with van der Waals surface area (Å²) in [6, 6.07) is 2.40. The van der Waals surface area contributed by atoms with Gasteiger partial charge in [0, 0.05) is 29.5 Å². The zero-order chi connectivity index (χ0) is 26.4. The Kier molecular flexibility index (Phi) is 4.94. The van der Waals surface area contributed by atoms with Crippen LogP contribution in [0.2, 0.25) is 0 Å². The molecule has 2 N–H and O–H groups in total. The molecule has 3 aromatic rings. The number of hydrogen-bond donors (Lipinski definition) is 2. The Morgan fingerprint density at radius 3 is 2.73 bits per heavy atom. The van der Waals surface area contributed by atoms with Crippen LogP contribution in [0.1, 0.15) is 66.1 Å². The Morgan fingerprint density at radius 2 is 2.03 bits per heavy atom. The number of hydrogen-bond acceptors (Lipinski definition) is 7. The van der Waals surface area contributed by atoms with Gasteiger partial charge in [-0.05, 0) is 48.9 Å². The molecule has 1 aromatic carbocycles. The second-order valence-corrected chi connectivity index (χ2v) is 9.93. The Bertz CT molecular complexity index is 1660. The molecule has 2 atom stereocenters. The van der Waals surface area contributed by atoms with Gasteiger partial charge in [-0.2, -0.15) is 0 Å². The summed E-state index contributed by atoms with van der Waals surface area (Å²) in [7, 11) is 0. The standard InChI is InChI=1S/C27H24FN3O6/c1-4-27(36)16-7-20-23-14(9-31(20)25(34)15(16)10-37-26(27)35)22-18(30-24(33)12(3)32)6-5-13-11(2)17(28)8-19(29-23)21(13)22/h7-8,18,36H,4-6,9-10H2,1-3H3,(H,30,33)/t18-,27-/m0/s1. The molecule has 190 valence electrons. The Morgan fingerprint density at radius 1 is 1.27 bits per heavy atom. The average Bonchev–Trinajstić information content (AvgIpc) is 3.24. The van der Waals surface area contributed by atoms with E-state index in [2.05, 4.69) is 5.32 Å². The van der Waals surface area contributed by atoms with Crippen molar-refractivity contribution in [2.24, 2.45) is 0 Å². The van der Waals surface area contributed by atoms with Gasteiger partial charge in [0.25, 0.3) is 11.5 Å². The van der Waals surface area contributed by atoms with Crippen LogP contribution in [0, 0.1) is 12.7 Å².